The molecule has 0 atom stereocenters. The molecule has 0 aliphatic rings. The number of rotatable bonds is 2. The Kier molecular flexibility index (Phi) is 2.87. The van der Waals surface area contributed by atoms with Crippen molar-refractivity contribution in [3.63, 3.8) is 0 Å². The van der Waals surface area contributed by atoms with E-state index in [-0.39, 0.29) is 0 Å². The number of hydrogen-bond donors (Lipinski definition) is 2. The van der Waals surface area contributed by atoms with Crippen molar-refractivity contribution in [3.8, 4) is 11.4 Å². The zero-order valence-corrected chi connectivity index (χ0v) is 10.9. The van der Waals surface area contributed by atoms with Crippen molar-refractivity contribution < 1.29 is 9.53 Å². The van der Waals surface area contributed by atoms with Gasteiger partial charge in [0.1, 0.15) is 5.82 Å². The van der Waals surface area contributed by atoms with Crippen LogP contribution in [-0.4, -0.2) is 23.0 Å². The molecule has 0 fully saturated rings. The fourth-order valence-corrected chi connectivity index (χ4v) is 2.10. The minimum Gasteiger partial charge on any atom is -0.465 e. The van der Waals surface area contributed by atoms with E-state index in [1.54, 1.807) is 18.2 Å². The second-order valence-electron chi connectivity index (χ2n) is 4.40. The summed E-state index contributed by atoms with van der Waals surface area (Å²) in [4.78, 5) is 19.1. The summed E-state index contributed by atoms with van der Waals surface area (Å²) in [6.07, 6.45) is 0. The number of para-hydroxylation sites is 2. The average Bonchev–Trinajstić information content (AvgIpc) is 2.89. The normalized spacial score (nSPS) is 10.7. The summed E-state index contributed by atoms with van der Waals surface area (Å²) >= 11 is 0. The topological polar surface area (TPSA) is 81.0 Å². The first kappa shape index (κ1) is 12.2. The smallest absolute Gasteiger partial charge is 0.337 e. The van der Waals surface area contributed by atoms with Crippen molar-refractivity contribution in [1.29, 1.82) is 0 Å². The van der Waals surface area contributed by atoms with Gasteiger partial charge >= 0.3 is 5.97 Å². The lowest BCUT2D eigenvalue weighted by Gasteiger charge is -2.05. The Morgan fingerprint density at radius 3 is 2.75 bits per heavy atom. The number of ether oxygens (including phenoxy) is 1. The van der Waals surface area contributed by atoms with E-state index in [9.17, 15) is 4.79 Å². The molecule has 0 bridgehead atoms. The van der Waals surface area contributed by atoms with Gasteiger partial charge in [-0.1, -0.05) is 12.1 Å². The van der Waals surface area contributed by atoms with Gasteiger partial charge in [0.25, 0.3) is 0 Å². The lowest BCUT2D eigenvalue weighted by molar-refractivity contribution is 0.0601. The summed E-state index contributed by atoms with van der Waals surface area (Å²) in [5.74, 6) is 0.271. The standard InChI is InChI=1S/C15H13N3O2/c1-20-15(19)9-6-7-10(11(16)8-9)14-17-12-4-2-3-5-13(12)18-14/h2-8H,16H2,1H3,(H,17,18). The van der Waals surface area contributed by atoms with Gasteiger partial charge in [-0.3, -0.25) is 0 Å². The number of aromatic nitrogens is 2. The van der Waals surface area contributed by atoms with Crippen LogP contribution >= 0.6 is 0 Å². The summed E-state index contributed by atoms with van der Waals surface area (Å²) < 4.78 is 4.67. The van der Waals surface area contributed by atoms with Crippen LogP contribution in [0.1, 0.15) is 10.4 Å². The number of nitrogen functional groups attached to an aromatic ring is 1. The van der Waals surface area contributed by atoms with Crippen LogP contribution in [-0.2, 0) is 4.74 Å². The highest BCUT2D eigenvalue weighted by Gasteiger charge is 2.12. The first-order valence-electron chi connectivity index (χ1n) is 6.12. The highest BCUT2D eigenvalue weighted by Crippen LogP contribution is 2.26. The van der Waals surface area contributed by atoms with Gasteiger partial charge in [0, 0.05) is 11.3 Å². The lowest BCUT2D eigenvalue weighted by atomic mass is 10.1. The number of nitrogens with one attached hydrogen (secondary N) is 1. The lowest BCUT2D eigenvalue weighted by Crippen LogP contribution is -2.02. The Bertz CT molecular complexity index is 760. The largest absolute Gasteiger partial charge is 0.465 e. The van der Waals surface area contributed by atoms with E-state index < -0.39 is 5.97 Å². The van der Waals surface area contributed by atoms with E-state index in [2.05, 4.69) is 14.7 Å². The molecule has 1 heterocycles. The van der Waals surface area contributed by atoms with E-state index in [1.807, 2.05) is 24.3 Å². The molecular formula is C15H13N3O2. The van der Waals surface area contributed by atoms with Gasteiger partial charge in [-0.15, -0.1) is 0 Å². The van der Waals surface area contributed by atoms with Crippen LogP contribution in [0.4, 0.5) is 5.69 Å². The third-order valence-corrected chi connectivity index (χ3v) is 3.12. The van der Waals surface area contributed by atoms with Gasteiger partial charge in [0.2, 0.25) is 0 Å². The summed E-state index contributed by atoms with van der Waals surface area (Å²) in [6.45, 7) is 0. The fourth-order valence-electron chi connectivity index (χ4n) is 2.10. The Balaban J connectivity index is 2.07. The van der Waals surface area contributed by atoms with Crippen LogP contribution in [0.15, 0.2) is 42.5 Å². The van der Waals surface area contributed by atoms with Crippen LogP contribution in [0.2, 0.25) is 0 Å². The number of hydrogen-bond acceptors (Lipinski definition) is 4. The molecule has 0 amide bonds. The molecule has 5 nitrogen and oxygen atoms in total. The van der Waals surface area contributed by atoms with Gasteiger partial charge < -0.3 is 15.5 Å². The Morgan fingerprint density at radius 2 is 2.05 bits per heavy atom. The molecule has 3 aromatic rings. The van der Waals surface area contributed by atoms with Gasteiger partial charge in [-0.2, -0.15) is 0 Å². The molecule has 1 aromatic heterocycles. The number of carbonyl (C=O) groups excluding carboxylic acids is 1. The molecule has 2 aromatic carbocycles. The highest BCUT2D eigenvalue weighted by atomic mass is 16.5. The van der Waals surface area contributed by atoms with Crippen LogP contribution in [0.5, 0.6) is 0 Å². The number of anilines is 1. The maximum atomic E-state index is 11.5. The number of carbonyl (C=O) groups is 1. The molecule has 3 rings (SSSR count). The number of nitrogens with two attached hydrogens (primary N) is 1. The van der Waals surface area contributed by atoms with Gasteiger partial charge in [0.05, 0.1) is 23.7 Å². The summed E-state index contributed by atoms with van der Waals surface area (Å²) in [5.41, 5.74) is 9.48. The summed E-state index contributed by atoms with van der Waals surface area (Å²) in [5, 5.41) is 0. The van der Waals surface area contributed by atoms with E-state index in [4.69, 9.17) is 5.73 Å². The zero-order chi connectivity index (χ0) is 14.1. The van der Waals surface area contributed by atoms with Gasteiger partial charge in [-0.25, -0.2) is 9.78 Å². The zero-order valence-electron chi connectivity index (χ0n) is 10.9. The van der Waals surface area contributed by atoms with Crippen LogP contribution in [0.25, 0.3) is 22.4 Å². The Labute approximate surface area is 115 Å². The number of fused-ring (bicyclic) bond motifs is 1. The summed E-state index contributed by atoms with van der Waals surface area (Å²) in [6, 6.07) is 12.8. The van der Waals surface area contributed by atoms with Crippen LogP contribution in [0.3, 0.4) is 0 Å². The van der Waals surface area contributed by atoms with Crippen molar-refractivity contribution in [3.05, 3.63) is 48.0 Å². The van der Waals surface area contributed by atoms with Crippen molar-refractivity contribution in [2.75, 3.05) is 12.8 Å². The number of aromatic amines is 1. The second kappa shape index (κ2) is 4.70. The summed E-state index contributed by atoms with van der Waals surface area (Å²) in [7, 11) is 1.34. The maximum Gasteiger partial charge on any atom is 0.337 e. The number of imidazole rings is 1. The number of H-pyrrole nitrogens is 1. The maximum absolute atomic E-state index is 11.5. The third kappa shape index (κ3) is 1.99. The Morgan fingerprint density at radius 1 is 1.25 bits per heavy atom. The molecule has 0 radical (unpaired) electrons. The molecule has 0 saturated carbocycles. The number of esters is 1. The monoisotopic (exact) mass is 267 g/mol. The molecule has 3 N–H and O–H groups in total. The van der Waals surface area contributed by atoms with Crippen molar-refractivity contribution in [2.24, 2.45) is 0 Å². The van der Waals surface area contributed by atoms with E-state index in [0.29, 0.717) is 17.1 Å². The molecule has 0 aliphatic carbocycles. The van der Waals surface area contributed by atoms with Crippen molar-refractivity contribution in [2.45, 2.75) is 0 Å². The van der Waals surface area contributed by atoms with Crippen molar-refractivity contribution >= 4 is 22.7 Å². The molecular weight excluding hydrogens is 254 g/mol. The first-order chi connectivity index (χ1) is 9.69. The minimum absolute atomic E-state index is 0.409. The van der Waals surface area contributed by atoms with E-state index in [0.717, 1.165) is 16.6 Å². The van der Waals surface area contributed by atoms with E-state index in [1.165, 1.54) is 7.11 Å². The first-order valence-corrected chi connectivity index (χ1v) is 6.12. The van der Waals surface area contributed by atoms with Gasteiger partial charge in [0.15, 0.2) is 0 Å². The second-order valence-corrected chi connectivity index (χ2v) is 4.40. The predicted octanol–water partition coefficient (Wildman–Crippen LogP) is 2.60. The number of methoxy groups -OCH3 is 1. The molecule has 5 heteroatoms. The van der Waals surface area contributed by atoms with Crippen molar-refractivity contribution in [1.82, 2.24) is 9.97 Å². The predicted molar refractivity (Wildman–Crippen MR) is 77.3 cm³/mol. The average molecular weight is 267 g/mol. The molecule has 100 valence electrons. The minimum atomic E-state index is -0.409. The number of benzene rings is 2. The SMILES string of the molecule is COC(=O)c1ccc(-c2nc3ccccc3[nH]2)c(N)c1. The van der Waals surface area contributed by atoms with Crippen LogP contribution < -0.4 is 5.73 Å². The molecule has 0 spiro atoms. The van der Waals surface area contributed by atoms with Crippen LogP contribution in [0, 0.1) is 0 Å². The fraction of sp³-hybridized carbons (Fsp3) is 0.0667. The quantitative estimate of drug-likeness (QED) is 0.552. The highest BCUT2D eigenvalue weighted by molar-refractivity contribution is 5.92. The Hall–Kier alpha value is -2.82. The molecule has 0 aliphatic heterocycles. The van der Waals surface area contributed by atoms with E-state index >= 15 is 0 Å². The number of nitrogens with zero attached hydrogens (tertiary/aromatic N) is 1. The van der Waals surface area contributed by atoms with Gasteiger partial charge in [-0.05, 0) is 30.3 Å². The third-order valence-electron chi connectivity index (χ3n) is 3.12. The molecule has 0 saturated heterocycles. The molecule has 20 heavy (non-hydrogen) atoms. The molecule has 0 unspecified atom stereocenters.